The molecule has 0 spiro atoms. The van der Waals surface area contributed by atoms with E-state index in [0.717, 1.165) is 69.3 Å². The van der Waals surface area contributed by atoms with Gasteiger partial charge in [-0.25, -0.2) is 0 Å². The van der Waals surface area contributed by atoms with Gasteiger partial charge in [0.1, 0.15) is 0 Å². The lowest BCUT2D eigenvalue weighted by molar-refractivity contribution is -0.135. The first-order valence-corrected chi connectivity index (χ1v) is 11.6. The summed E-state index contributed by atoms with van der Waals surface area (Å²) in [5.74, 6) is 1.19. The number of likely N-dealkylation sites (tertiary alicyclic amines) is 1. The van der Waals surface area contributed by atoms with Crippen molar-refractivity contribution in [3.63, 3.8) is 0 Å². The molecule has 3 heterocycles. The maximum absolute atomic E-state index is 12.7. The van der Waals surface area contributed by atoms with Crippen LogP contribution in [0.5, 0.6) is 0 Å². The third kappa shape index (κ3) is 5.27. The quantitative estimate of drug-likeness (QED) is 0.579. The number of hydrogen-bond donors (Lipinski definition) is 1. The Morgan fingerprint density at radius 2 is 1.81 bits per heavy atom. The molecule has 1 unspecified atom stereocenters. The minimum Gasteiger partial charge on any atom is -0.352 e. The zero-order valence-electron chi connectivity index (χ0n) is 19.2. The molecular formula is C25H34N6O. The summed E-state index contributed by atoms with van der Waals surface area (Å²) in [6, 6.07) is 14.4. The van der Waals surface area contributed by atoms with Crippen LogP contribution in [0.4, 0.5) is 0 Å². The van der Waals surface area contributed by atoms with Crippen LogP contribution in [0.2, 0.25) is 0 Å². The highest BCUT2D eigenvalue weighted by molar-refractivity contribution is 5.82. The minimum absolute atomic E-state index is 0.0421. The first kappa shape index (κ1) is 22.3. The van der Waals surface area contributed by atoms with Gasteiger partial charge in [-0.15, -0.1) is 0 Å². The number of rotatable bonds is 5. The fourth-order valence-corrected chi connectivity index (χ4v) is 4.57. The summed E-state index contributed by atoms with van der Waals surface area (Å²) in [7, 11) is 1.83. The minimum atomic E-state index is -0.0421. The SMILES string of the molecule is CN=C(NCc1cccc(-c2ccccn2)c1)N1CCN(C(C)C(=O)N2CCCC2)CC1. The van der Waals surface area contributed by atoms with Crippen LogP contribution >= 0.6 is 0 Å². The smallest absolute Gasteiger partial charge is 0.239 e. The Morgan fingerprint density at radius 3 is 2.50 bits per heavy atom. The Balaban J connectivity index is 1.29. The van der Waals surface area contributed by atoms with Crippen molar-refractivity contribution >= 4 is 11.9 Å². The molecule has 1 amide bonds. The van der Waals surface area contributed by atoms with Gasteiger partial charge in [0.25, 0.3) is 0 Å². The van der Waals surface area contributed by atoms with Gasteiger partial charge in [-0.3, -0.25) is 19.7 Å². The first-order valence-electron chi connectivity index (χ1n) is 11.6. The number of nitrogens with zero attached hydrogens (tertiary/aromatic N) is 5. The van der Waals surface area contributed by atoms with E-state index in [0.29, 0.717) is 6.54 Å². The highest BCUT2D eigenvalue weighted by atomic mass is 16.2. The lowest BCUT2D eigenvalue weighted by Gasteiger charge is -2.39. The third-order valence-electron chi connectivity index (χ3n) is 6.49. The highest BCUT2D eigenvalue weighted by Gasteiger charge is 2.30. The Labute approximate surface area is 191 Å². The zero-order valence-corrected chi connectivity index (χ0v) is 19.2. The van der Waals surface area contributed by atoms with Crippen molar-refractivity contribution in [2.75, 3.05) is 46.3 Å². The number of hydrogen-bond acceptors (Lipinski definition) is 4. The Morgan fingerprint density at radius 1 is 1.03 bits per heavy atom. The Hall–Kier alpha value is -2.93. The molecule has 2 aliphatic rings. The maximum Gasteiger partial charge on any atom is 0.239 e. The number of piperazine rings is 1. The van der Waals surface area contributed by atoms with Crippen LogP contribution < -0.4 is 5.32 Å². The number of benzene rings is 1. The van der Waals surface area contributed by atoms with Gasteiger partial charge in [0.05, 0.1) is 11.7 Å². The normalized spacial score (nSPS) is 18.6. The van der Waals surface area contributed by atoms with Crippen LogP contribution in [0, 0.1) is 0 Å². The van der Waals surface area contributed by atoms with Crippen molar-refractivity contribution in [2.24, 2.45) is 4.99 Å². The van der Waals surface area contributed by atoms with E-state index in [2.05, 4.69) is 56.3 Å². The van der Waals surface area contributed by atoms with E-state index >= 15 is 0 Å². The maximum atomic E-state index is 12.7. The van der Waals surface area contributed by atoms with Crippen LogP contribution in [0.15, 0.2) is 53.7 Å². The van der Waals surface area contributed by atoms with Crippen molar-refractivity contribution in [1.29, 1.82) is 0 Å². The highest BCUT2D eigenvalue weighted by Crippen LogP contribution is 2.18. The number of guanidine groups is 1. The van der Waals surface area contributed by atoms with Crippen molar-refractivity contribution in [3.8, 4) is 11.3 Å². The van der Waals surface area contributed by atoms with E-state index in [1.807, 2.05) is 36.3 Å². The monoisotopic (exact) mass is 434 g/mol. The first-order chi connectivity index (χ1) is 15.7. The Kier molecular flexibility index (Phi) is 7.37. The van der Waals surface area contributed by atoms with Crippen molar-refractivity contribution in [3.05, 3.63) is 54.2 Å². The van der Waals surface area contributed by atoms with Crippen LogP contribution in [0.25, 0.3) is 11.3 Å². The largest absolute Gasteiger partial charge is 0.352 e. The second-order valence-corrected chi connectivity index (χ2v) is 8.55. The van der Waals surface area contributed by atoms with Crippen LogP contribution in [0.1, 0.15) is 25.3 Å². The average Bonchev–Trinajstić information content (AvgIpc) is 3.40. The molecule has 1 N–H and O–H groups in total. The molecule has 2 aliphatic heterocycles. The zero-order chi connectivity index (χ0) is 22.3. The molecule has 170 valence electrons. The van der Waals surface area contributed by atoms with E-state index in [1.54, 1.807) is 0 Å². The van der Waals surface area contributed by atoms with Crippen LogP contribution in [-0.4, -0.2) is 83.9 Å². The molecule has 1 aromatic heterocycles. The van der Waals surface area contributed by atoms with Crippen molar-refractivity contribution in [2.45, 2.75) is 32.4 Å². The van der Waals surface area contributed by atoms with Gasteiger partial charge in [0.2, 0.25) is 5.91 Å². The lowest BCUT2D eigenvalue weighted by atomic mass is 10.1. The molecule has 7 heteroatoms. The molecular weight excluding hydrogens is 400 g/mol. The van der Waals surface area contributed by atoms with Crippen LogP contribution in [-0.2, 0) is 11.3 Å². The van der Waals surface area contributed by atoms with Gasteiger partial charge in [-0.1, -0.05) is 24.3 Å². The topological polar surface area (TPSA) is 64.1 Å². The molecule has 1 aromatic carbocycles. The van der Waals surface area contributed by atoms with Crippen LogP contribution in [0.3, 0.4) is 0 Å². The van der Waals surface area contributed by atoms with E-state index in [1.165, 1.54) is 5.56 Å². The van der Waals surface area contributed by atoms with Crippen molar-refractivity contribution < 1.29 is 4.79 Å². The summed E-state index contributed by atoms with van der Waals surface area (Å²) >= 11 is 0. The molecule has 4 rings (SSSR count). The van der Waals surface area contributed by atoms with Gasteiger partial charge < -0.3 is 15.1 Å². The molecule has 0 aliphatic carbocycles. The number of aromatic nitrogens is 1. The van der Waals surface area contributed by atoms with Gasteiger partial charge >= 0.3 is 0 Å². The summed E-state index contributed by atoms with van der Waals surface area (Å²) in [5, 5.41) is 3.51. The second-order valence-electron chi connectivity index (χ2n) is 8.55. The van der Waals surface area contributed by atoms with Gasteiger partial charge in [-0.2, -0.15) is 0 Å². The predicted molar refractivity (Wildman–Crippen MR) is 128 cm³/mol. The molecule has 0 radical (unpaired) electrons. The molecule has 32 heavy (non-hydrogen) atoms. The Bertz CT molecular complexity index is 917. The van der Waals surface area contributed by atoms with E-state index in [9.17, 15) is 4.79 Å². The second kappa shape index (κ2) is 10.6. The van der Waals surface area contributed by atoms with E-state index in [-0.39, 0.29) is 11.9 Å². The number of aliphatic imine (C=N–C) groups is 1. The predicted octanol–water partition coefficient (Wildman–Crippen LogP) is 2.45. The van der Waals surface area contributed by atoms with Gasteiger partial charge in [0.15, 0.2) is 5.96 Å². The lowest BCUT2D eigenvalue weighted by Crippen LogP contribution is -2.57. The summed E-state index contributed by atoms with van der Waals surface area (Å²) in [4.78, 5) is 28.3. The molecule has 2 saturated heterocycles. The molecule has 0 bridgehead atoms. The molecule has 0 saturated carbocycles. The average molecular weight is 435 g/mol. The molecule has 2 fully saturated rings. The van der Waals surface area contributed by atoms with Gasteiger partial charge in [-0.05, 0) is 43.5 Å². The summed E-state index contributed by atoms with van der Waals surface area (Å²) < 4.78 is 0. The summed E-state index contributed by atoms with van der Waals surface area (Å²) in [6.45, 7) is 8.07. The number of carbonyl (C=O) groups excluding carboxylic acids is 1. The molecule has 1 atom stereocenters. The summed E-state index contributed by atoms with van der Waals surface area (Å²) in [5.41, 5.74) is 3.29. The molecule has 2 aromatic rings. The number of pyridine rings is 1. The fraction of sp³-hybridized carbons (Fsp3) is 0.480. The fourth-order valence-electron chi connectivity index (χ4n) is 4.57. The van der Waals surface area contributed by atoms with Crippen molar-refractivity contribution in [1.82, 2.24) is 25.0 Å². The van der Waals surface area contributed by atoms with Gasteiger partial charge in [0, 0.05) is 64.6 Å². The third-order valence-corrected chi connectivity index (χ3v) is 6.49. The van der Waals surface area contributed by atoms with E-state index < -0.39 is 0 Å². The molecule has 7 nitrogen and oxygen atoms in total. The standard InChI is InChI=1S/C25H34N6O/c1-20(24(32)30-12-5-6-13-30)29-14-16-31(17-15-29)25(26-2)28-19-21-8-7-9-22(18-21)23-10-3-4-11-27-23/h3-4,7-11,18,20H,5-6,12-17,19H2,1-2H3,(H,26,28). The number of nitrogens with one attached hydrogen (secondary N) is 1. The summed E-state index contributed by atoms with van der Waals surface area (Å²) in [6.07, 6.45) is 4.10. The van der Waals surface area contributed by atoms with E-state index in [4.69, 9.17) is 0 Å². The number of amides is 1. The number of carbonyl (C=O) groups is 1.